The number of sulfonamides is 1. The third-order valence-corrected chi connectivity index (χ3v) is 8.13. The van der Waals surface area contributed by atoms with Crippen molar-refractivity contribution in [3.63, 3.8) is 0 Å². The lowest BCUT2D eigenvalue weighted by Gasteiger charge is -2.34. The molecular formula is C23H25F4N3O3S. The van der Waals surface area contributed by atoms with Crippen molar-refractivity contribution in [2.24, 2.45) is 0 Å². The molecule has 1 amide bonds. The monoisotopic (exact) mass is 499 g/mol. The Morgan fingerprint density at radius 2 is 1.65 bits per heavy atom. The van der Waals surface area contributed by atoms with Gasteiger partial charge in [-0.2, -0.15) is 17.5 Å². The van der Waals surface area contributed by atoms with Crippen molar-refractivity contribution < 1.29 is 30.8 Å². The molecule has 11 heteroatoms. The Labute approximate surface area is 195 Å². The molecule has 2 fully saturated rings. The number of nitrogens with zero attached hydrogens (tertiary/aromatic N) is 2. The summed E-state index contributed by atoms with van der Waals surface area (Å²) in [6, 6.07) is 11.3. The molecule has 184 valence electrons. The van der Waals surface area contributed by atoms with Gasteiger partial charge in [0.25, 0.3) is 0 Å². The molecule has 0 bridgehead atoms. The molecule has 0 atom stereocenters. The van der Waals surface area contributed by atoms with Crippen LogP contribution in [0.2, 0.25) is 0 Å². The van der Waals surface area contributed by atoms with E-state index in [4.69, 9.17) is 0 Å². The minimum Gasteiger partial charge on any atom is -0.339 e. The summed E-state index contributed by atoms with van der Waals surface area (Å²) in [5.74, 6) is -1.37. The Kier molecular flexibility index (Phi) is 6.71. The lowest BCUT2D eigenvalue weighted by molar-refractivity contribution is -0.138. The van der Waals surface area contributed by atoms with E-state index < -0.39 is 33.1 Å². The number of halogens is 4. The molecule has 1 aliphatic heterocycles. The molecular weight excluding hydrogens is 474 g/mol. The van der Waals surface area contributed by atoms with Crippen molar-refractivity contribution in [2.75, 3.05) is 32.7 Å². The Morgan fingerprint density at radius 3 is 2.24 bits per heavy atom. The highest BCUT2D eigenvalue weighted by atomic mass is 32.2. The topological polar surface area (TPSA) is 69.7 Å². The van der Waals surface area contributed by atoms with Crippen molar-refractivity contribution in [1.82, 2.24) is 14.5 Å². The summed E-state index contributed by atoms with van der Waals surface area (Å²) >= 11 is 0. The molecule has 0 aromatic heterocycles. The second kappa shape index (κ2) is 9.27. The SMILES string of the molecule is O=C(CNC1(c2cc(F)cc(C(F)(F)F)c2)CC1)N1CCN(S(=O)(=O)Cc2ccccc2)CC1. The zero-order valence-corrected chi connectivity index (χ0v) is 19.1. The number of benzene rings is 2. The average Bonchev–Trinajstić information content (AvgIpc) is 3.58. The summed E-state index contributed by atoms with van der Waals surface area (Å²) in [6.07, 6.45) is -3.68. The first-order chi connectivity index (χ1) is 16.0. The first-order valence-corrected chi connectivity index (χ1v) is 12.5. The van der Waals surface area contributed by atoms with Gasteiger partial charge < -0.3 is 4.90 Å². The second-order valence-electron chi connectivity index (χ2n) is 8.68. The van der Waals surface area contributed by atoms with Crippen LogP contribution in [0.15, 0.2) is 48.5 Å². The quantitative estimate of drug-likeness (QED) is 0.595. The van der Waals surface area contributed by atoms with Gasteiger partial charge in [-0.1, -0.05) is 30.3 Å². The van der Waals surface area contributed by atoms with E-state index in [9.17, 15) is 30.8 Å². The van der Waals surface area contributed by atoms with Gasteiger partial charge in [0.15, 0.2) is 0 Å². The molecule has 0 unspecified atom stereocenters. The van der Waals surface area contributed by atoms with E-state index in [0.29, 0.717) is 24.5 Å². The molecule has 1 saturated carbocycles. The summed E-state index contributed by atoms with van der Waals surface area (Å²) in [7, 11) is -3.52. The van der Waals surface area contributed by atoms with Crippen LogP contribution >= 0.6 is 0 Å². The number of rotatable bonds is 7. The van der Waals surface area contributed by atoms with Crippen molar-refractivity contribution >= 4 is 15.9 Å². The van der Waals surface area contributed by atoms with Gasteiger partial charge >= 0.3 is 6.18 Å². The van der Waals surface area contributed by atoms with E-state index >= 15 is 0 Å². The summed E-state index contributed by atoms with van der Waals surface area (Å²) in [5.41, 5.74) is -1.07. The predicted octanol–water partition coefficient (Wildman–Crippen LogP) is 3.10. The molecule has 1 N–H and O–H groups in total. The Bertz CT molecular complexity index is 1140. The smallest absolute Gasteiger partial charge is 0.339 e. The minimum absolute atomic E-state index is 0.112. The van der Waals surface area contributed by atoms with Crippen molar-refractivity contribution in [1.29, 1.82) is 0 Å². The van der Waals surface area contributed by atoms with E-state index in [1.54, 1.807) is 24.3 Å². The van der Waals surface area contributed by atoms with Gasteiger partial charge in [-0.25, -0.2) is 12.8 Å². The molecule has 0 spiro atoms. The van der Waals surface area contributed by atoms with E-state index in [1.807, 2.05) is 6.07 Å². The molecule has 2 aromatic carbocycles. The second-order valence-corrected chi connectivity index (χ2v) is 10.7. The van der Waals surface area contributed by atoms with Crippen LogP contribution in [0.3, 0.4) is 0 Å². The zero-order valence-electron chi connectivity index (χ0n) is 18.3. The molecule has 6 nitrogen and oxygen atoms in total. The molecule has 4 rings (SSSR count). The fraction of sp³-hybridized carbons (Fsp3) is 0.435. The van der Waals surface area contributed by atoms with E-state index in [2.05, 4.69) is 5.32 Å². The summed E-state index contributed by atoms with van der Waals surface area (Å²) in [4.78, 5) is 14.2. The number of nitrogens with one attached hydrogen (secondary N) is 1. The number of alkyl halides is 3. The number of carbonyl (C=O) groups is 1. The number of hydrogen-bond acceptors (Lipinski definition) is 4. The third-order valence-electron chi connectivity index (χ3n) is 6.28. The predicted molar refractivity (Wildman–Crippen MR) is 118 cm³/mol. The molecule has 1 heterocycles. The third kappa shape index (κ3) is 5.59. The van der Waals surface area contributed by atoms with Crippen LogP contribution in [-0.2, 0) is 32.3 Å². The minimum atomic E-state index is -4.66. The Morgan fingerprint density at radius 1 is 1.00 bits per heavy atom. The van der Waals surface area contributed by atoms with Crippen molar-refractivity contribution in [3.05, 3.63) is 71.0 Å². The van der Waals surface area contributed by atoms with Crippen LogP contribution in [0, 0.1) is 5.82 Å². The standard InChI is InChI=1S/C23H25F4N3O3S/c24-20-13-18(12-19(14-20)23(25,26)27)22(6-7-22)28-15-21(31)29-8-10-30(11-9-29)34(32,33)16-17-4-2-1-3-5-17/h1-5,12-14,28H,6-11,15-16H2. The number of piperazine rings is 1. The van der Waals surface area contributed by atoms with Crippen LogP contribution in [0.25, 0.3) is 0 Å². The number of hydrogen-bond donors (Lipinski definition) is 1. The lowest BCUT2D eigenvalue weighted by Crippen LogP contribution is -2.53. The maximum atomic E-state index is 13.8. The highest BCUT2D eigenvalue weighted by molar-refractivity contribution is 7.88. The van der Waals surface area contributed by atoms with E-state index in [0.717, 1.165) is 12.1 Å². The van der Waals surface area contributed by atoms with Gasteiger partial charge in [0, 0.05) is 31.7 Å². The fourth-order valence-corrected chi connectivity index (χ4v) is 5.69. The van der Waals surface area contributed by atoms with Crippen LogP contribution in [0.4, 0.5) is 17.6 Å². The van der Waals surface area contributed by atoms with Gasteiger partial charge in [-0.3, -0.25) is 10.1 Å². The van der Waals surface area contributed by atoms with Crippen LogP contribution in [0.1, 0.15) is 29.5 Å². The van der Waals surface area contributed by atoms with Crippen LogP contribution in [-0.4, -0.2) is 56.3 Å². The molecule has 2 aliphatic rings. The number of amides is 1. The first-order valence-electron chi connectivity index (χ1n) is 10.9. The van der Waals surface area contributed by atoms with Gasteiger partial charge in [-0.15, -0.1) is 0 Å². The maximum absolute atomic E-state index is 13.8. The summed E-state index contributed by atoms with van der Waals surface area (Å²) < 4.78 is 79.7. The van der Waals surface area contributed by atoms with Gasteiger partial charge in [0.05, 0.1) is 17.9 Å². The first kappa shape index (κ1) is 24.6. The Hall–Kier alpha value is -2.50. The Balaban J connectivity index is 1.32. The van der Waals surface area contributed by atoms with Crippen LogP contribution in [0.5, 0.6) is 0 Å². The maximum Gasteiger partial charge on any atom is 0.416 e. The largest absolute Gasteiger partial charge is 0.416 e. The van der Waals surface area contributed by atoms with Crippen molar-refractivity contribution in [2.45, 2.75) is 30.3 Å². The lowest BCUT2D eigenvalue weighted by atomic mass is 10.0. The summed E-state index contributed by atoms with van der Waals surface area (Å²) in [5, 5.41) is 3.01. The highest BCUT2D eigenvalue weighted by Crippen LogP contribution is 2.47. The summed E-state index contributed by atoms with van der Waals surface area (Å²) in [6.45, 7) is 0.657. The molecule has 2 aromatic rings. The molecule has 1 aliphatic carbocycles. The molecule has 0 radical (unpaired) electrons. The zero-order chi connectivity index (χ0) is 24.6. The highest BCUT2D eigenvalue weighted by Gasteiger charge is 2.46. The van der Waals surface area contributed by atoms with Gasteiger partial charge in [0.2, 0.25) is 15.9 Å². The van der Waals surface area contributed by atoms with E-state index in [1.165, 1.54) is 9.21 Å². The van der Waals surface area contributed by atoms with Gasteiger partial charge in [0.1, 0.15) is 5.82 Å². The van der Waals surface area contributed by atoms with Crippen LogP contribution < -0.4 is 5.32 Å². The van der Waals surface area contributed by atoms with E-state index in [-0.39, 0.29) is 49.9 Å². The normalized spacial score (nSPS) is 18.6. The molecule has 34 heavy (non-hydrogen) atoms. The average molecular weight is 500 g/mol. The fourth-order valence-electron chi connectivity index (χ4n) is 4.17. The number of carbonyl (C=O) groups excluding carboxylic acids is 1. The van der Waals surface area contributed by atoms with Crippen molar-refractivity contribution in [3.8, 4) is 0 Å². The van der Waals surface area contributed by atoms with Gasteiger partial charge in [-0.05, 0) is 42.2 Å². The molecule has 1 saturated heterocycles.